The zero-order valence-electron chi connectivity index (χ0n) is 11.1. The highest BCUT2D eigenvalue weighted by atomic mass is 32.1. The predicted molar refractivity (Wildman–Crippen MR) is 81.3 cm³/mol. The van der Waals surface area contributed by atoms with E-state index in [1.54, 1.807) is 18.2 Å². The Hall–Kier alpha value is -2.80. The smallest absolute Gasteiger partial charge is 0.270 e. The highest BCUT2D eigenvalue weighted by Crippen LogP contribution is 2.24. The zero-order valence-corrected chi connectivity index (χ0v) is 11.9. The number of anilines is 1. The molecule has 7 heteroatoms. The topological polar surface area (TPSA) is 62.6 Å². The lowest BCUT2D eigenvalue weighted by atomic mass is 10.1. The van der Waals surface area contributed by atoms with Gasteiger partial charge in [-0.1, -0.05) is 12.1 Å². The van der Waals surface area contributed by atoms with Crippen LogP contribution < -0.4 is 10.2 Å². The number of halogens is 1. The number of hydrogen-bond acceptors (Lipinski definition) is 4. The van der Waals surface area contributed by atoms with E-state index in [0.29, 0.717) is 5.76 Å². The summed E-state index contributed by atoms with van der Waals surface area (Å²) in [5.41, 5.74) is -0.213. The van der Waals surface area contributed by atoms with E-state index in [0.717, 1.165) is 4.90 Å². The molecular formula is C15H9FN2O3S. The molecule has 110 valence electrons. The van der Waals surface area contributed by atoms with Crippen LogP contribution in [0.5, 0.6) is 0 Å². The molecule has 1 aromatic carbocycles. The fraction of sp³-hybridized carbons (Fsp3) is 0. The van der Waals surface area contributed by atoms with E-state index in [1.165, 1.54) is 30.5 Å². The van der Waals surface area contributed by atoms with E-state index in [-0.39, 0.29) is 16.4 Å². The standard InChI is InChI=1S/C15H9FN2O3S/c16-11-5-1-2-6-12(11)18-14(20)10(13(19)17-15(18)22)8-9-4-3-7-21-9/h1-8H,(H,17,19,22). The molecule has 1 N–H and O–H groups in total. The second-order valence-electron chi connectivity index (χ2n) is 4.42. The van der Waals surface area contributed by atoms with E-state index in [4.69, 9.17) is 16.6 Å². The van der Waals surface area contributed by atoms with Crippen molar-refractivity contribution in [2.45, 2.75) is 0 Å². The number of thiocarbonyl (C=S) groups is 1. The summed E-state index contributed by atoms with van der Waals surface area (Å²) >= 11 is 4.98. The monoisotopic (exact) mass is 316 g/mol. The molecule has 0 radical (unpaired) electrons. The van der Waals surface area contributed by atoms with Gasteiger partial charge in [0.1, 0.15) is 17.2 Å². The third-order valence-corrected chi connectivity index (χ3v) is 3.31. The summed E-state index contributed by atoms with van der Waals surface area (Å²) < 4.78 is 19.0. The van der Waals surface area contributed by atoms with Gasteiger partial charge in [0, 0.05) is 0 Å². The summed E-state index contributed by atoms with van der Waals surface area (Å²) in [5.74, 6) is -1.65. The third kappa shape index (κ3) is 2.42. The maximum Gasteiger partial charge on any atom is 0.270 e. The van der Waals surface area contributed by atoms with Crippen molar-refractivity contribution in [3.8, 4) is 0 Å². The molecule has 1 aliphatic heterocycles. The molecule has 5 nitrogen and oxygen atoms in total. The van der Waals surface area contributed by atoms with Crippen molar-refractivity contribution in [3.63, 3.8) is 0 Å². The summed E-state index contributed by atoms with van der Waals surface area (Å²) in [5, 5.41) is 2.20. The predicted octanol–water partition coefficient (Wildman–Crippen LogP) is 2.25. The average Bonchev–Trinajstić information content (AvgIpc) is 2.98. The lowest BCUT2D eigenvalue weighted by Crippen LogP contribution is -2.54. The lowest BCUT2D eigenvalue weighted by molar-refractivity contribution is -0.122. The van der Waals surface area contributed by atoms with E-state index < -0.39 is 17.6 Å². The molecule has 1 aliphatic rings. The van der Waals surface area contributed by atoms with Crippen LogP contribution in [0.25, 0.3) is 6.08 Å². The molecule has 0 spiro atoms. The fourth-order valence-electron chi connectivity index (χ4n) is 2.02. The quantitative estimate of drug-likeness (QED) is 0.524. The summed E-state index contributed by atoms with van der Waals surface area (Å²) in [7, 11) is 0. The van der Waals surface area contributed by atoms with Crippen molar-refractivity contribution in [1.82, 2.24) is 5.32 Å². The van der Waals surface area contributed by atoms with Crippen LogP contribution in [-0.2, 0) is 9.59 Å². The Morgan fingerprint density at radius 2 is 1.95 bits per heavy atom. The Balaban J connectivity index is 2.05. The first-order chi connectivity index (χ1) is 10.6. The number of rotatable bonds is 2. The van der Waals surface area contributed by atoms with Crippen molar-refractivity contribution >= 4 is 40.9 Å². The van der Waals surface area contributed by atoms with E-state index >= 15 is 0 Å². The lowest BCUT2D eigenvalue weighted by Gasteiger charge is -2.28. The van der Waals surface area contributed by atoms with Gasteiger partial charge in [0.25, 0.3) is 11.8 Å². The Labute approximate surface area is 130 Å². The van der Waals surface area contributed by atoms with Crippen molar-refractivity contribution in [2.24, 2.45) is 0 Å². The minimum Gasteiger partial charge on any atom is -0.465 e. The third-order valence-electron chi connectivity index (χ3n) is 3.02. The maximum atomic E-state index is 13.9. The first-order valence-corrected chi connectivity index (χ1v) is 6.68. The molecule has 1 aromatic heterocycles. The zero-order chi connectivity index (χ0) is 15.7. The molecular weight excluding hydrogens is 307 g/mol. The highest BCUT2D eigenvalue weighted by molar-refractivity contribution is 7.80. The van der Waals surface area contributed by atoms with Crippen LogP contribution >= 0.6 is 12.2 Å². The minimum atomic E-state index is -0.713. The average molecular weight is 316 g/mol. The number of carbonyl (C=O) groups is 2. The second-order valence-corrected chi connectivity index (χ2v) is 4.81. The maximum absolute atomic E-state index is 13.9. The van der Waals surface area contributed by atoms with Gasteiger partial charge in [0.2, 0.25) is 0 Å². The Morgan fingerprint density at radius 3 is 2.64 bits per heavy atom. The number of hydrogen-bond donors (Lipinski definition) is 1. The van der Waals surface area contributed by atoms with Crippen molar-refractivity contribution < 1.29 is 18.4 Å². The summed E-state index contributed by atoms with van der Waals surface area (Å²) in [6.45, 7) is 0. The van der Waals surface area contributed by atoms with Crippen molar-refractivity contribution in [2.75, 3.05) is 4.90 Å². The van der Waals surface area contributed by atoms with Gasteiger partial charge in [-0.3, -0.25) is 14.9 Å². The molecule has 1 fully saturated rings. The van der Waals surface area contributed by atoms with E-state index in [9.17, 15) is 14.0 Å². The van der Waals surface area contributed by atoms with Crippen LogP contribution in [0.1, 0.15) is 5.76 Å². The second kappa shape index (κ2) is 5.53. The largest absolute Gasteiger partial charge is 0.465 e. The molecule has 0 unspecified atom stereocenters. The summed E-state index contributed by atoms with van der Waals surface area (Å²) in [4.78, 5) is 25.4. The number of nitrogens with zero attached hydrogens (tertiary/aromatic N) is 1. The van der Waals surface area contributed by atoms with Gasteiger partial charge in [-0.05, 0) is 42.6 Å². The summed E-state index contributed by atoms with van der Waals surface area (Å²) in [6, 6.07) is 8.89. The van der Waals surface area contributed by atoms with Gasteiger partial charge in [-0.2, -0.15) is 0 Å². The van der Waals surface area contributed by atoms with Crippen LogP contribution in [0.3, 0.4) is 0 Å². The summed E-state index contributed by atoms with van der Waals surface area (Å²) in [6.07, 6.45) is 2.70. The first kappa shape index (κ1) is 14.2. The fourth-order valence-corrected chi connectivity index (χ4v) is 2.30. The number of para-hydroxylation sites is 1. The Morgan fingerprint density at radius 1 is 1.18 bits per heavy atom. The van der Waals surface area contributed by atoms with Crippen LogP contribution in [0.15, 0.2) is 52.7 Å². The number of furan rings is 1. The Kier molecular flexibility index (Phi) is 3.56. The molecule has 3 rings (SSSR count). The normalized spacial score (nSPS) is 17.0. The molecule has 0 aliphatic carbocycles. The number of benzene rings is 1. The van der Waals surface area contributed by atoms with Crippen LogP contribution in [0, 0.1) is 5.82 Å². The molecule has 2 heterocycles. The molecule has 2 aromatic rings. The minimum absolute atomic E-state index is 0.0251. The van der Waals surface area contributed by atoms with E-state index in [2.05, 4.69) is 5.32 Å². The van der Waals surface area contributed by atoms with Crippen LogP contribution in [0.4, 0.5) is 10.1 Å². The SMILES string of the molecule is O=C1NC(=S)N(c2ccccc2F)C(=O)C1=Cc1ccco1. The first-order valence-electron chi connectivity index (χ1n) is 6.27. The Bertz CT molecular complexity index is 799. The van der Waals surface area contributed by atoms with E-state index in [1.807, 2.05) is 0 Å². The molecule has 0 bridgehead atoms. The molecule has 1 saturated heterocycles. The number of amides is 2. The number of nitrogens with one attached hydrogen (secondary N) is 1. The van der Waals surface area contributed by atoms with Crippen molar-refractivity contribution in [3.05, 3.63) is 59.8 Å². The number of carbonyl (C=O) groups excluding carboxylic acids is 2. The molecule has 22 heavy (non-hydrogen) atoms. The van der Waals surface area contributed by atoms with Gasteiger partial charge >= 0.3 is 0 Å². The van der Waals surface area contributed by atoms with Crippen molar-refractivity contribution in [1.29, 1.82) is 0 Å². The molecule has 0 saturated carbocycles. The van der Waals surface area contributed by atoms with Gasteiger partial charge in [-0.15, -0.1) is 0 Å². The molecule has 0 atom stereocenters. The highest BCUT2D eigenvalue weighted by Gasteiger charge is 2.35. The van der Waals surface area contributed by atoms with Gasteiger partial charge in [0.05, 0.1) is 12.0 Å². The molecule has 2 amide bonds. The van der Waals surface area contributed by atoms with Crippen LogP contribution in [-0.4, -0.2) is 16.9 Å². The van der Waals surface area contributed by atoms with Gasteiger partial charge in [0.15, 0.2) is 5.11 Å². The van der Waals surface area contributed by atoms with Gasteiger partial charge < -0.3 is 4.42 Å². The van der Waals surface area contributed by atoms with Crippen LogP contribution in [0.2, 0.25) is 0 Å². The van der Waals surface area contributed by atoms with Gasteiger partial charge in [-0.25, -0.2) is 9.29 Å².